The van der Waals surface area contributed by atoms with E-state index in [0.29, 0.717) is 6.10 Å². The van der Waals surface area contributed by atoms with E-state index < -0.39 is 0 Å². The minimum atomic E-state index is 0.580. The van der Waals surface area contributed by atoms with Crippen LogP contribution in [-0.2, 0) is 4.74 Å². The first-order chi connectivity index (χ1) is 8.72. The predicted octanol–water partition coefficient (Wildman–Crippen LogP) is 4.00. The topological polar surface area (TPSA) is 21.3 Å². The molecule has 0 aliphatic carbocycles. The molecule has 1 rings (SSSR count). The molecule has 18 heavy (non-hydrogen) atoms. The molecule has 0 aromatic heterocycles. The molecular weight excluding hydrogens is 222 g/mol. The van der Waals surface area contributed by atoms with Gasteiger partial charge in [-0.05, 0) is 57.0 Å². The van der Waals surface area contributed by atoms with Gasteiger partial charge in [0.1, 0.15) is 0 Å². The molecule has 0 saturated carbocycles. The zero-order valence-corrected chi connectivity index (χ0v) is 12.7. The van der Waals surface area contributed by atoms with Gasteiger partial charge >= 0.3 is 0 Å². The smallest absolute Gasteiger partial charge is 0.0576 e. The van der Waals surface area contributed by atoms with Crippen molar-refractivity contribution in [2.45, 2.75) is 71.8 Å². The molecule has 2 unspecified atom stereocenters. The number of rotatable bonds is 10. The molecule has 0 spiro atoms. The van der Waals surface area contributed by atoms with E-state index in [0.717, 1.165) is 25.0 Å². The maximum Gasteiger partial charge on any atom is 0.0576 e. The van der Waals surface area contributed by atoms with Crippen LogP contribution < -0.4 is 5.32 Å². The highest BCUT2D eigenvalue weighted by Crippen LogP contribution is 2.21. The number of ether oxygens (including phenoxy) is 1. The molecule has 0 aromatic carbocycles. The van der Waals surface area contributed by atoms with Crippen molar-refractivity contribution in [1.29, 1.82) is 0 Å². The third-order valence-electron chi connectivity index (χ3n) is 3.84. The average molecular weight is 255 g/mol. The Bertz CT molecular complexity index is 188. The van der Waals surface area contributed by atoms with Crippen LogP contribution in [0.1, 0.15) is 65.7 Å². The molecular formula is C16H33NO. The average Bonchev–Trinajstić information content (AvgIpc) is 2.81. The normalized spacial score (nSPS) is 21.7. The summed E-state index contributed by atoms with van der Waals surface area (Å²) in [5, 5.41) is 3.62. The Morgan fingerprint density at radius 3 is 2.67 bits per heavy atom. The van der Waals surface area contributed by atoms with E-state index in [-0.39, 0.29) is 0 Å². The van der Waals surface area contributed by atoms with Gasteiger partial charge in [0, 0.05) is 6.61 Å². The van der Waals surface area contributed by atoms with E-state index in [1.165, 1.54) is 51.5 Å². The van der Waals surface area contributed by atoms with Crippen LogP contribution in [0.25, 0.3) is 0 Å². The van der Waals surface area contributed by atoms with Crippen molar-refractivity contribution in [1.82, 2.24) is 5.32 Å². The van der Waals surface area contributed by atoms with Crippen molar-refractivity contribution in [3.05, 3.63) is 0 Å². The van der Waals surface area contributed by atoms with Gasteiger partial charge in [0.2, 0.25) is 0 Å². The van der Waals surface area contributed by atoms with Gasteiger partial charge in [-0.15, -0.1) is 0 Å². The monoisotopic (exact) mass is 255 g/mol. The maximum absolute atomic E-state index is 5.69. The van der Waals surface area contributed by atoms with Gasteiger partial charge in [-0.2, -0.15) is 0 Å². The van der Waals surface area contributed by atoms with Gasteiger partial charge < -0.3 is 10.1 Å². The fraction of sp³-hybridized carbons (Fsp3) is 1.00. The number of hydrogen-bond donors (Lipinski definition) is 1. The van der Waals surface area contributed by atoms with Crippen LogP contribution in [0.5, 0.6) is 0 Å². The van der Waals surface area contributed by atoms with Crippen LogP contribution >= 0.6 is 0 Å². The van der Waals surface area contributed by atoms with Crippen LogP contribution in [0.4, 0.5) is 0 Å². The van der Waals surface area contributed by atoms with Crippen molar-refractivity contribution in [2.75, 3.05) is 19.7 Å². The molecule has 1 aliphatic rings. The van der Waals surface area contributed by atoms with Crippen molar-refractivity contribution in [3.8, 4) is 0 Å². The van der Waals surface area contributed by atoms with E-state index in [1.54, 1.807) is 0 Å². The molecule has 0 aromatic rings. The molecule has 108 valence electrons. The lowest BCUT2D eigenvalue weighted by Crippen LogP contribution is -2.26. The fourth-order valence-electron chi connectivity index (χ4n) is 2.84. The molecule has 0 radical (unpaired) electrons. The van der Waals surface area contributed by atoms with Gasteiger partial charge in [0.25, 0.3) is 0 Å². The summed E-state index contributed by atoms with van der Waals surface area (Å²) in [5.41, 5.74) is 0. The summed E-state index contributed by atoms with van der Waals surface area (Å²) in [5.74, 6) is 1.63. The second-order valence-corrected chi connectivity index (χ2v) is 6.27. The minimum absolute atomic E-state index is 0.580. The molecule has 1 N–H and O–H groups in total. The molecule has 1 fully saturated rings. The second-order valence-electron chi connectivity index (χ2n) is 6.27. The quantitative estimate of drug-likeness (QED) is 0.637. The van der Waals surface area contributed by atoms with Crippen LogP contribution in [0.2, 0.25) is 0 Å². The summed E-state index contributed by atoms with van der Waals surface area (Å²) in [6.45, 7) is 10.2. The summed E-state index contributed by atoms with van der Waals surface area (Å²) in [4.78, 5) is 0. The van der Waals surface area contributed by atoms with E-state index in [1.807, 2.05) is 0 Å². The van der Waals surface area contributed by atoms with Crippen LogP contribution in [0.3, 0.4) is 0 Å². The third kappa shape index (κ3) is 7.38. The molecule has 1 aliphatic heterocycles. The first kappa shape index (κ1) is 16.0. The number of nitrogens with one attached hydrogen (secondary N) is 1. The van der Waals surface area contributed by atoms with Crippen molar-refractivity contribution < 1.29 is 4.74 Å². The Kier molecular flexibility index (Phi) is 8.70. The highest BCUT2D eigenvalue weighted by atomic mass is 16.5. The Balaban J connectivity index is 2.07. The van der Waals surface area contributed by atoms with Crippen molar-refractivity contribution in [2.24, 2.45) is 11.8 Å². The molecule has 0 amide bonds. The van der Waals surface area contributed by atoms with Crippen LogP contribution in [0.15, 0.2) is 0 Å². The fourth-order valence-corrected chi connectivity index (χ4v) is 2.84. The lowest BCUT2D eigenvalue weighted by molar-refractivity contribution is 0.100. The van der Waals surface area contributed by atoms with E-state index in [9.17, 15) is 0 Å². The largest absolute Gasteiger partial charge is 0.378 e. The molecule has 2 heteroatoms. The van der Waals surface area contributed by atoms with Gasteiger partial charge in [-0.3, -0.25) is 0 Å². The zero-order chi connectivity index (χ0) is 13.2. The van der Waals surface area contributed by atoms with Gasteiger partial charge in [-0.25, -0.2) is 0 Å². The first-order valence-electron chi connectivity index (χ1n) is 8.04. The summed E-state index contributed by atoms with van der Waals surface area (Å²) >= 11 is 0. The lowest BCUT2D eigenvalue weighted by Gasteiger charge is -2.18. The zero-order valence-electron chi connectivity index (χ0n) is 12.7. The second kappa shape index (κ2) is 9.80. The highest BCUT2D eigenvalue weighted by molar-refractivity contribution is 4.68. The molecule has 0 bridgehead atoms. The van der Waals surface area contributed by atoms with Crippen LogP contribution in [0, 0.1) is 11.8 Å². The highest BCUT2D eigenvalue weighted by Gasteiger charge is 2.16. The minimum Gasteiger partial charge on any atom is -0.378 e. The Morgan fingerprint density at radius 2 is 2.06 bits per heavy atom. The first-order valence-corrected chi connectivity index (χ1v) is 8.04. The maximum atomic E-state index is 5.69. The van der Waals surface area contributed by atoms with E-state index >= 15 is 0 Å². The molecule has 1 heterocycles. The summed E-state index contributed by atoms with van der Waals surface area (Å²) in [7, 11) is 0. The Morgan fingerprint density at radius 1 is 1.22 bits per heavy atom. The van der Waals surface area contributed by atoms with Crippen molar-refractivity contribution in [3.63, 3.8) is 0 Å². The Labute approximate surface area is 114 Å². The van der Waals surface area contributed by atoms with Crippen LogP contribution in [-0.4, -0.2) is 25.8 Å². The van der Waals surface area contributed by atoms with E-state index in [4.69, 9.17) is 4.74 Å². The van der Waals surface area contributed by atoms with Gasteiger partial charge in [0.05, 0.1) is 6.10 Å². The summed E-state index contributed by atoms with van der Waals surface area (Å²) < 4.78 is 5.69. The van der Waals surface area contributed by atoms with Gasteiger partial charge in [0.15, 0.2) is 0 Å². The summed E-state index contributed by atoms with van der Waals surface area (Å²) in [6.07, 6.45) is 9.84. The predicted molar refractivity (Wildman–Crippen MR) is 78.9 cm³/mol. The molecule has 1 saturated heterocycles. The van der Waals surface area contributed by atoms with Crippen molar-refractivity contribution >= 4 is 0 Å². The standard InChI is InChI=1S/C16H33NO/c1-4-7-15(13-17-12-14(2)3)8-5-9-16-10-6-11-18-16/h14-17H,4-13H2,1-3H3. The third-order valence-corrected chi connectivity index (χ3v) is 3.84. The van der Waals surface area contributed by atoms with E-state index in [2.05, 4.69) is 26.1 Å². The number of hydrogen-bond acceptors (Lipinski definition) is 2. The lowest BCUT2D eigenvalue weighted by atomic mass is 9.95. The Hall–Kier alpha value is -0.0800. The van der Waals surface area contributed by atoms with Gasteiger partial charge in [-0.1, -0.05) is 33.6 Å². The molecule has 2 nitrogen and oxygen atoms in total. The SMILES string of the molecule is CCCC(CCCC1CCCO1)CNCC(C)C. The summed E-state index contributed by atoms with van der Waals surface area (Å²) in [6, 6.07) is 0. The molecule has 2 atom stereocenters.